The summed E-state index contributed by atoms with van der Waals surface area (Å²) in [5.41, 5.74) is 0.625. The minimum Gasteiger partial charge on any atom is -0.477 e. The molecule has 3 N–H and O–H groups in total. The Bertz CT molecular complexity index is 909. The molecule has 2 unspecified atom stereocenters. The topological polar surface area (TPSA) is 120 Å². The van der Waals surface area contributed by atoms with E-state index in [1.54, 1.807) is 4.90 Å². The van der Waals surface area contributed by atoms with E-state index < -0.39 is 37.1 Å². The highest BCUT2D eigenvalue weighted by Gasteiger charge is 2.34. The van der Waals surface area contributed by atoms with Crippen LogP contribution in [0.15, 0.2) is 6.20 Å². The van der Waals surface area contributed by atoms with Gasteiger partial charge in [0.15, 0.2) is 16.1 Å². The van der Waals surface area contributed by atoms with Gasteiger partial charge in [-0.2, -0.15) is 0 Å². The number of carboxylic acids is 1. The number of H-pyrrole nitrogens is 1. The first-order valence-electron chi connectivity index (χ1n) is 9.17. The third-order valence-corrected chi connectivity index (χ3v) is 5.94. The number of piperidine rings is 1. The smallest absolute Gasteiger partial charge is 0.347 e. The predicted octanol–water partition coefficient (Wildman–Crippen LogP) is 2.44. The number of aromatic carboxylic acids is 1. The van der Waals surface area contributed by atoms with Gasteiger partial charge in [0.2, 0.25) is 0 Å². The molecular weight excluding hydrogens is 444 g/mol. The molecule has 0 aliphatic carbocycles. The number of hydrogen-bond acceptors (Lipinski definition) is 7. The lowest BCUT2D eigenvalue weighted by Gasteiger charge is -2.38. The van der Waals surface area contributed by atoms with Crippen LogP contribution in [0.1, 0.15) is 39.3 Å². The minimum absolute atomic E-state index is 0.0397. The zero-order chi connectivity index (χ0) is 21.8. The number of carbonyl (C=O) groups excluding carboxylic acids is 1. The van der Waals surface area contributed by atoms with Crippen molar-refractivity contribution in [2.24, 2.45) is 0 Å². The normalized spacial score (nSPS) is 19.3. The summed E-state index contributed by atoms with van der Waals surface area (Å²) in [5.74, 6) is -1.56. The van der Waals surface area contributed by atoms with Crippen molar-refractivity contribution in [3.8, 4) is 0 Å². The maximum absolute atomic E-state index is 12.7. The van der Waals surface area contributed by atoms with Gasteiger partial charge >= 0.3 is 5.97 Å². The largest absolute Gasteiger partial charge is 0.477 e. The number of aromatic amines is 1. The molecule has 2 aromatic rings. The number of ether oxygens (including phenoxy) is 1. The Balaban J connectivity index is 1.71. The summed E-state index contributed by atoms with van der Waals surface area (Å²) in [5, 5.41) is 12.5. The van der Waals surface area contributed by atoms with Crippen LogP contribution in [0.25, 0.3) is 0 Å². The van der Waals surface area contributed by atoms with Crippen molar-refractivity contribution in [2.75, 3.05) is 24.6 Å². The van der Waals surface area contributed by atoms with Crippen molar-refractivity contribution in [3.63, 3.8) is 0 Å². The molecule has 0 spiro atoms. The Labute approximate surface area is 179 Å². The molecule has 1 aliphatic heterocycles. The van der Waals surface area contributed by atoms with Gasteiger partial charge in [0.05, 0.1) is 24.0 Å². The maximum Gasteiger partial charge on any atom is 0.347 e. The first-order chi connectivity index (χ1) is 14.3. The van der Waals surface area contributed by atoms with Gasteiger partial charge in [0.25, 0.3) is 12.3 Å². The van der Waals surface area contributed by atoms with Gasteiger partial charge in [-0.25, -0.2) is 23.5 Å². The van der Waals surface area contributed by atoms with E-state index in [0.29, 0.717) is 30.2 Å². The lowest BCUT2D eigenvalue weighted by atomic mass is 10.0. The monoisotopic (exact) mass is 463 g/mol. The van der Waals surface area contributed by atoms with E-state index in [1.165, 1.54) is 6.20 Å². The van der Waals surface area contributed by atoms with Gasteiger partial charge in [0, 0.05) is 13.1 Å². The zero-order valence-electron chi connectivity index (χ0n) is 15.9. The Morgan fingerprint density at radius 1 is 1.53 bits per heavy atom. The van der Waals surface area contributed by atoms with E-state index in [1.807, 2.05) is 6.92 Å². The van der Waals surface area contributed by atoms with Crippen molar-refractivity contribution in [3.05, 3.63) is 27.7 Å². The lowest BCUT2D eigenvalue weighted by molar-refractivity contribution is -0.0391. The minimum atomic E-state index is -2.66. The van der Waals surface area contributed by atoms with E-state index in [-0.39, 0.29) is 22.4 Å². The van der Waals surface area contributed by atoms with Gasteiger partial charge < -0.3 is 25.0 Å². The molecule has 2 aromatic heterocycles. The Morgan fingerprint density at radius 2 is 2.30 bits per heavy atom. The summed E-state index contributed by atoms with van der Waals surface area (Å²) >= 11 is 6.96. The standard InChI is InChI=1S/C17H20ClF2N5O4S/c1-2-8-13(18)24-14(22-8)15(26)23-9-3-4-25(6-10(9)29-7-12(19)20)17-21-5-11(30-17)16(27)28/h5,9-10,12H,2-4,6-7H2,1H3,(H,22,24)(H,23,26)(H,27,28). The fourth-order valence-electron chi connectivity index (χ4n) is 3.10. The Morgan fingerprint density at radius 3 is 2.90 bits per heavy atom. The van der Waals surface area contributed by atoms with E-state index >= 15 is 0 Å². The summed E-state index contributed by atoms with van der Waals surface area (Å²) < 4.78 is 30.8. The Hall–Kier alpha value is -2.31. The average Bonchev–Trinajstić information content (AvgIpc) is 3.34. The summed E-state index contributed by atoms with van der Waals surface area (Å²) in [6.45, 7) is 1.68. The quantitative estimate of drug-likeness (QED) is 0.549. The molecule has 13 heteroatoms. The number of carbonyl (C=O) groups is 2. The second-order valence-corrected chi connectivity index (χ2v) is 7.97. The zero-order valence-corrected chi connectivity index (χ0v) is 17.5. The Kier molecular flexibility index (Phi) is 7.21. The molecule has 0 aromatic carbocycles. The first kappa shape index (κ1) is 22.4. The van der Waals surface area contributed by atoms with Crippen molar-refractivity contribution in [1.82, 2.24) is 20.3 Å². The molecule has 0 saturated carbocycles. The van der Waals surface area contributed by atoms with Crippen LogP contribution in [0, 0.1) is 0 Å². The third-order valence-electron chi connectivity index (χ3n) is 4.58. The maximum atomic E-state index is 12.7. The fourth-order valence-corrected chi connectivity index (χ4v) is 4.15. The van der Waals surface area contributed by atoms with Crippen LogP contribution in [0.5, 0.6) is 0 Å². The molecule has 3 rings (SSSR count). The molecule has 30 heavy (non-hydrogen) atoms. The van der Waals surface area contributed by atoms with E-state index in [4.69, 9.17) is 21.4 Å². The van der Waals surface area contributed by atoms with Crippen molar-refractivity contribution >= 4 is 39.9 Å². The predicted molar refractivity (Wildman–Crippen MR) is 106 cm³/mol. The molecule has 9 nitrogen and oxygen atoms in total. The van der Waals surface area contributed by atoms with Crippen LogP contribution in [0.2, 0.25) is 5.15 Å². The number of aryl methyl sites for hydroxylation is 1. The molecule has 164 valence electrons. The summed E-state index contributed by atoms with van der Waals surface area (Å²) in [6.07, 6.45) is -1.20. The van der Waals surface area contributed by atoms with Gasteiger partial charge in [-0.05, 0) is 12.8 Å². The molecule has 1 aliphatic rings. The van der Waals surface area contributed by atoms with Gasteiger partial charge in [-0.1, -0.05) is 29.9 Å². The number of aromatic nitrogens is 3. The van der Waals surface area contributed by atoms with Crippen LogP contribution in [-0.4, -0.2) is 70.2 Å². The highest BCUT2D eigenvalue weighted by Crippen LogP contribution is 2.27. The van der Waals surface area contributed by atoms with Crippen LogP contribution >= 0.6 is 22.9 Å². The van der Waals surface area contributed by atoms with Crippen LogP contribution in [-0.2, 0) is 11.2 Å². The number of alkyl halides is 2. The summed E-state index contributed by atoms with van der Waals surface area (Å²) in [7, 11) is 0. The molecule has 1 saturated heterocycles. The van der Waals surface area contributed by atoms with E-state index in [2.05, 4.69) is 20.3 Å². The van der Waals surface area contributed by atoms with Gasteiger partial charge in [-0.15, -0.1) is 0 Å². The van der Waals surface area contributed by atoms with Crippen molar-refractivity contribution in [1.29, 1.82) is 0 Å². The second-order valence-electron chi connectivity index (χ2n) is 6.60. The number of halogens is 3. The number of imidazole rings is 1. The first-order valence-corrected chi connectivity index (χ1v) is 10.4. The molecule has 1 amide bonds. The molecule has 0 bridgehead atoms. The van der Waals surface area contributed by atoms with Crippen LogP contribution in [0.3, 0.4) is 0 Å². The van der Waals surface area contributed by atoms with E-state index in [9.17, 15) is 18.4 Å². The molecule has 2 atom stereocenters. The van der Waals surface area contributed by atoms with Crippen molar-refractivity contribution in [2.45, 2.75) is 38.3 Å². The van der Waals surface area contributed by atoms with Gasteiger partial charge in [-0.3, -0.25) is 4.79 Å². The summed E-state index contributed by atoms with van der Waals surface area (Å²) in [4.78, 5) is 36.4. The highest BCUT2D eigenvalue weighted by molar-refractivity contribution is 7.17. The van der Waals surface area contributed by atoms with Crippen molar-refractivity contribution < 1.29 is 28.2 Å². The third kappa shape index (κ3) is 5.24. The number of amides is 1. The highest BCUT2D eigenvalue weighted by atomic mass is 35.5. The molecule has 0 radical (unpaired) electrons. The number of hydrogen-bond donors (Lipinski definition) is 3. The van der Waals surface area contributed by atoms with Gasteiger partial charge in [0.1, 0.15) is 11.5 Å². The second kappa shape index (κ2) is 9.67. The average molecular weight is 464 g/mol. The lowest BCUT2D eigenvalue weighted by Crippen LogP contribution is -2.55. The molecule has 3 heterocycles. The number of carboxylic acid groups (broad SMARTS) is 1. The molecular formula is C17H20ClF2N5O4S. The number of rotatable bonds is 8. The number of nitrogens with zero attached hydrogens (tertiary/aromatic N) is 3. The number of nitrogens with one attached hydrogen (secondary N) is 2. The number of anilines is 1. The van der Waals surface area contributed by atoms with Crippen LogP contribution < -0.4 is 10.2 Å². The fraction of sp³-hybridized carbons (Fsp3) is 0.529. The number of thiazole rings is 1. The SMILES string of the molecule is CCc1[nH]c(C(=O)NC2CCN(c3ncc(C(=O)O)s3)CC2OCC(F)F)nc1Cl. The molecule has 1 fully saturated rings. The van der Waals surface area contributed by atoms with Crippen LogP contribution in [0.4, 0.5) is 13.9 Å². The summed E-state index contributed by atoms with van der Waals surface area (Å²) in [6, 6.07) is -0.541. The van der Waals surface area contributed by atoms with E-state index in [0.717, 1.165) is 11.3 Å².